The number of hydrogen-bond donors (Lipinski definition) is 1. The number of nitrogens with zero attached hydrogens (tertiary/aromatic N) is 6. The average molecular weight is 474 g/mol. The summed E-state index contributed by atoms with van der Waals surface area (Å²) in [6, 6.07) is 10.3. The van der Waals surface area contributed by atoms with Gasteiger partial charge in [0.2, 0.25) is 0 Å². The molecule has 1 aliphatic heterocycles. The summed E-state index contributed by atoms with van der Waals surface area (Å²) in [4.78, 5) is 42.4. The van der Waals surface area contributed by atoms with Gasteiger partial charge in [0.1, 0.15) is 17.5 Å². The van der Waals surface area contributed by atoms with E-state index in [-0.39, 0.29) is 11.6 Å². The van der Waals surface area contributed by atoms with Crippen molar-refractivity contribution in [1.29, 1.82) is 0 Å². The second-order valence-corrected chi connectivity index (χ2v) is 8.52. The zero-order chi connectivity index (χ0) is 24.0. The van der Waals surface area contributed by atoms with Crippen LogP contribution in [0.3, 0.4) is 0 Å². The molecule has 3 heterocycles. The van der Waals surface area contributed by atoms with Crippen LogP contribution in [0, 0.1) is 20.8 Å². The molecular formula is C24H20ClN7O2. The molecule has 1 unspecified atom stereocenters. The summed E-state index contributed by atoms with van der Waals surface area (Å²) in [6.07, 6.45) is 3.34. The molecule has 0 radical (unpaired) electrons. The van der Waals surface area contributed by atoms with Crippen molar-refractivity contribution in [1.82, 2.24) is 24.9 Å². The third kappa shape index (κ3) is 3.60. The van der Waals surface area contributed by atoms with Gasteiger partial charge in [-0.05, 0) is 61.7 Å². The van der Waals surface area contributed by atoms with Gasteiger partial charge in [-0.1, -0.05) is 23.7 Å². The van der Waals surface area contributed by atoms with Crippen LogP contribution in [0.5, 0.6) is 0 Å². The van der Waals surface area contributed by atoms with Crippen LogP contribution in [-0.2, 0) is 4.79 Å². The maximum atomic E-state index is 13.7. The number of hydrazine groups is 1. The van der Waals surface area contributed by atoms with Gasteiger partial charge >= 0.3 is 0 Å². The molecule has 1 atom stereocenters. The number of halogens is 1. The average Bonchev–Trinajstić information content (AvgIpc) is 3.38. The van der Waals surface area contributed by atoms with Crippen LogP contribution in [0.2, 0.25) is 5.02 Å². The van der Waals surface area contributed by atoms with Crippen molar-refractivity contribution in [2.75, 3.05) is 5.01 Å². The number of nitrogens with one attached hydrogen (secondary N) is 1. The first-order valence-corrected chi connectivity index (χ1v) is 10.9. The number of fused-ring (bicyclic) bond motifs is 1. The molecular weight excluding hydrogens is 454 g/mol. The van der Waals surface area contributed by atoms with Gasteiger partial charge in [-0.2, -0.15) is 0 Å². The summed E-state index contributed by atoms with van der Waals surface area (Å²) >= 11 is 6.43. The van der Waals surface area contributed by atoms with Crippen LogP contribution in [0.15, 0.2) is 54.0 Å². The number of amides is 1. The van der Waals surface area contributed by atoms with E-state index in [1.807, 2.05) is 51.1 Å². The number of aryl methyl sites for hydroxylation is 3. The first kappa shape index (κ1) is 21.7. The van der Waals surface area contributed by atoms with Crippen molar-refractivity contribution in [2.24, 2.45) is 4.99 Å². The number of benzene rings is 2. The van der Waals surface area contributed by atoms with Crippen LogP contribution in [0.4, 0.5) is 11.4 Å². The Labute approximate surface area is 200 Å². The van der Waals surface area contributed by atoms with Gasteiger partial charge in [0.15, 0.2) is 23.8 Å². The lowest BCUT2D eigenvalue weighted by Gasteiger charge is -2.17. The number of aromatic nitrogens is 4. The van der Waals surface area contributed by atoms with Crippen LogP contribution >= 0.6 is 11.6 Å². The molecule has 1 N–H and O–H groups in total. The molecule has 9 nitrogen and oxygen atoms in total. The maximum absolute atomic E-state index is 13.7. The van der Waals surface area contributed by atoms with Gasteiger partial charge < -0.3 is 0 Å². The number of carbonyl (C=O) groups is 2. The van der Waals surface area contributed by atoms with Crippen molar-refractivity contribution in [3.63, 3.8) is 0 Å². The van der Waals surface area contributed by atoms with E-state index in [9.17, 15) is 9.59 Å². The van der Waals surface area contributed by atoms with Gasteiger partial charge in [0, 0.05) is 0 Å². The Morgan fingerprint density at radius 1 is 1.06 bits per heavy atom. The Morgan fingerprint density at radius 2 is 1.88 bits per heavy atom. The molecule has 0 saturated carbocycles. The second-order valence-electron chi connectivity index (χ2n) is 8.11. The summed E-state index contributed by atoms with van der Waals surface area (Å²) in [5.74, 6) is 0.0651. The summed E-state index contributed by atoms with van der Waals surface area (Å²) in [5.41, 5.74) is 8.29. The highest BCUT2D eigenvalue weighted by Gasteiger charge is 2.41. The number of hydrogen-bond acceptors (Lipinski definition) is 6. The van der Waals surface area contributed by atoms with E-state index >= 15 is 0 Å². The normalized spacial score (nSPS) is 16.9. The highest BCUT2D eigenvalue weighted by molar-refractivity contribution is 6.33. The van der Waals surface area contributed by atoms with Crippen LogP contribution in [0.1, 0.15) is 33.2 Å². The fourth-order valence-electron chi connectivity index (χ4n) is 3.84. The Bertz CT molecular complexity index is 1490. The van der Waals surface area contributed by atoms with Gasteiger partial charge in [-0.3, -0.25) is 19.6 Å². The molecule has 34 heavy (non-hydrogen) atoms. The Hall–Kier alpha value is -4.11. The van der Waals surface area contributed by atoms with Crippen LogP contribution in [-0.4, -0.2) is 37.5 Å². The van der Waals surface area contributed by atoms with Gasteiger partial charge in [0.05, 0.1) is 22.7 Å². The number of rotatable bonds is 4. The molecule has 170 valence electrons. The summed E-state index contributed by atoms with van der Waals surface area (Å²) < 4.78 is 1.58. The molecule has 2 aromatic heterocycles. The van der Waals surface area contributed by atoms with E-state index < -0.39 is 6.04 Å². The smallest absolute Gasteiger partial charge is 0.276 e. The topological polar surface area (TPSA) is 105 Å². The van der Waals surface area contributed by atoms with E-state index in [1.54, 1.807) is 10.6 Å². The molecule has 10 heteroatoms. The molecule has 1 fully saturated rings. The van der Waals surface area contributed by atoms with Crippen molar-refractivity contribution in [2.45, 2.75) is 26.8 Å². The van der Waals surface area contributed by atoms with E-state index in [0.717, 1.165) is 16.7 Å². The van der Waals surface area contributed by atoms with Gasteiger partial charge in [-0.15, -0.1) is 0 Å². The number of carbonyl (C=O) groups excluding carboxylic acids is 2. The fourth-order valence-corrected chi connectivity index (χ4v) is 4.12. The highest BCUT2D eigenvalue weighted by Crippen LogP contribution is 2.32. The zero-order valence-corrected chi connectivity index (χ0v) is 19.4. The first-order valence-electron chi connectivity index (χ1n) is 10.5. The number of amidine groups is 1. The second kappa shape index (κ2) is 8.35. The fraction of sp³-hybridized carbons (Fsp3) is 0.167. The predicted octanol–water partition coefficient (Wildman–Crippen LogP) is 4.04. The quantitative estimate of drug-likeness (QED) is 0.448. The number of aldehydes is 1. The van der Waals surface area contributed by atoms with Gasteiger partial charge in [-0.25, -0.2) is 25.0 Å². The minimum Gasteiger partial charge on any atom is -0.296 e. The van der Waals surface area contributed by atoms with E-state index in [2.05, 4.69) is 20.4 Å². The first-order chi connectivity index (χ1) is 16.4. The van der Waals surface area contributed by atoms with E-state index in [0.29, 0.717) is 39.7 Å². The monoisotopic (exact) mass is 473 g/mol. The summed E-state index contributed by atoms with van der Waals surface area (Å²) in [5, 5.41) is 1.91. The van der Waals surface area contributed by atoms with E-state index in [1.165, 1.54) is 17.7 Å². The third-order valence-corrected chi connectivity index (χ3v) is 6.11. The third-order valence-electron chi connectivity index (χ3n) is 5.81. The number of imidazole rings is 1. The molecule has 1 amide bonds. The molecule has 4 aromatic rings. The SMILES string of the molecule is Cc1ccc(N=C2NN(c3ccc(C)c(C)c3)C(=O)C2n2cnc3c(C=O)ncnc32)c(Cl)c1. The minimum atomic E-state index is -0.904. The molecule has 1 saturated heterocycles. The van der Waals surface area contributed by atoms with Gasteiger partial charge in [0.25, 0.3) is 5.91 Å². The molecule has 5 rings (SSSR count). The highest BCUT2D eigenvalue weighted by atomic mass is 35.5. The molecule has 0 bridgehead atoms. The van der Waals surface area contributed by atoms with Crippen molar-refractivity contribution < 1.29 is 9.59 Å². The zero-order valence-electron chi connectivity index (χ0n) is 18.7. The molecule has 0 spiro atoms. The van der Waals surface area contributed by atoms with Crippen LogP contribution in [0.25, 0.3) is 11.2 Å². The minimum absolute atomic E-state index is 0.147. The largest absolute Gasteiger partial charge is 0.296 e. The van der Waals surface area contributed by atoms with Crippen molar-refractivity contribution >= 4 is 52.2 Å². The predicted molar refractivity (Wildman–Crippen MR) is 130 cm³/mol. The Kier molecular flexibility index (Phi) is 5.33. The lowest BCUT2D eigenvalue weighted by Crippen LogP contribution is -2.36. The Balaban J connectivity index is 1.67. The molecule has 2 aromatic carbocycles. The number of aliphatic imine (C=N–C) groups is 1. The van der Waals surface area contributed by atoms with Crippen LogP contribution < -0.4 is 10.4 Å². The lowest BCUT2D eigenvalue weighted by molar-refractivity contribution is -0.119. The standard InChI is InChI=1S/C24H20ClN7O2/c1-13-4-7-18(17(25)8-13)29-22-21(31-12-28-20-19(10-33)26-11-27-23(20)31)24(34)32(30-22)16-6-5-14(2)15(3)9-16/h4-12,21H,1-3H3,(H,29,30). The maximum Gasteiger partial charge on any atom is 0.276 e. The van der Waals surface area contributed by atoms with Crippen molar-refractivity contribution in [3.05, 3.63) is 76.5 Å². The molecule has 0 aliphatic carbocycles. The summed E-state index contributed by atoms with van der Waals surface area (Å²) in [6.45, 7) is 5.93. The van der Waals surface area contributed by atoms with E-state index in [4.69, 9.17) is 16.6 Å². The Morgan fingerprint density at radius 3 is 2.62 bits per heavy atom. The molecule has 1 aliphatic rings. The lowest BCUT2D eigenvalue weighted by atomic mass is 10.1. The van der Waals surface area contributed by atoms with Crippen molar-refractivity contribution in [3.8, 4) is 0 Å². The number of anilines is 1. The summed E-state index contributed by atoms with van der Waals surface area (Å²) in [7, 11) is 0.